The van der Waals surface area contributed by atoms with Crippen LogP contribution in [-0.2, 0) is 13.0 Å². The lowest BCUT2D eigenvalue weighted by Crippen LogP contribution is -2.49. The maximum atomic E-state index is 9.02. The van der Waals surface area contributed by atoms with E-state index in [-0.39, 0.29) is 12.1 Å². The van der Waals surface area contributed by atoms with Gasteiger partial charge in [-0.25, -0.2) is 4.98 Å². The van der Waals surface area contributed by atoms with Crippen LogP contribution in [0.15, 0.2) is 30.3 Å². The van der Waals surface area contributed by atoms with Crippen molar-refractivity contribution in [1.82, 2.24) is 9.97 Å². The van der Waals surface area contributed by atoms with Crippen LogP contribution in [0.4, 0.5) is 11.8 Å². The Hall–Kier alpha value is -2.14. The van der Waals surface area contributed by atoms with Crippen molar-refractivity contribution in [3.63, 3.8) is 0 Å². The van der Waals surface area contributed by atoms with Crippen LogP contribution in [0, 0.1) is 0 Å². The first-order chi connectivity index (χ1) is 12.4. The average molecular weight is 354 g/mol. The van der Waals surface area contributed by atoms with Gasteiger partial charge in [-0.3, -0.25) is 0 Å². The normalized spacial score (nSPS) is 15.8. The van der Waals surface area contributed by atoms with Gasteiger partial charge in [-0.2, -0.15) is 4.98 Å². The van der Waals surface area contributed by atoms with E-state index in [4.69, 9.17) is 10.1 Å². The molecule has 0 radical (unpaired) electrons. The van der Waals surface area contributed by atoms with Gasteiger partial charge in [0.1, 0.15) is 5.82 Å². The summed E-state index contributed by atoms with van der Waals surface area (Å²) in [6, 6.07) is 10.8. The van der Waals surface area contributed by atoms with E-state index >= 15 is 0 Å². The van der Waals surface area contributed by atoms with Crippen molar-refractivity contribution in [3.05, 3.63) is 47.2 Å². The first kappa shape index (κ1) is 18.6. The third-order valence-electron chi connectivity index (χ3n) is 5.02. The average Bonchev–Trinajstić information content (AvgIpc) is 2.60. The number of hydrogen-bond acceptors (Lipinski definition) is 5. The Morgan fingerprint density at radius 1 is 1.19 bits per heavy atom. The van der Waals surface area contributed by atoms with Crippen molar-refractivity contribution in [1.29, 1.82) is 0 Å². The summed E-state index contributed by atoms with van der Waals surface area (Å²) in [7, 11) is 0. The smallest absolute Gasteiger partial charge is 0.224 e. The van der Waals surface area contributed by atoms with Gasteiger partial charge in [0.25, 0.3) is 0 Å². The number of rotatable bonds is 6. The summed E-state index contributed by atoms with van der Waals surface area (Å²) >= 11 is 0. The van der Waals surface area contributed by atoms with Crippen molar-refractivity contribution in [2.45, 2.75) is 58.5 Å². The Bertz CT molecular complexity index is 757. The molecule has 1 aliphatic heterocycles. The van der Waals surface area contributed by atoms with Crippen molar-refractivity contribution >= 4 is 11.8 Å². The van der Waals surface area contributed by atoms with Crippen LogP contribution in [0.5, 0.6) is 0 Å². The molecular weight excluding hydrogens is 324 g/mol. The minimum absolute atomic E-state index is 0.0146. The van der Waals surface area contributed by atoms with Crippen molar-refractivity contribution < 1.29 is 5.11 Å². The largest absolute Gasteiger partial charge is 0.396 e. The SMILES string of the molecule is CC(C)c1cc(N2Cc3ccccc3CC2(C)C)nc(NCCCO)n1. The third kappa shape index (κ3) is 3.98. The van der Waals surface area contributed by atoms with Gasteiger partial charge < -0.3 is 15.3 Å². The van der Waals surface area contributed by atoms with E-state index in [9.17, 15) is 0 Å². The highest BCUT2D eigenvalue weighted by molar-refractivity contribution is 5.51. The summed E-state index contributed by atoms with van der Waals surface area (Å²) in [4.78, 5) is 11.9. The van der Waals surface area contributed by atoms with E-state index in [2.05, 4.69) is 73.2 Å². The molecule has 1 aromatic carbocycles. The second kappa shape index (κ2) is 7.62. The zero-order valence-corrected chi connectivity index (χ0v) is 16.3. The van der Waals surface area contributed by atoms with Crippen LogP contribution in [0.25, 0.3) is 0 Å². The Balaban J connectivity index is 1.96. The van der Waals surface area contributed by atoms with Crippen molar-refractivity contribution in [2.24, 2.45) is 0 Å². The maximum Gasteiger partial charge on any atom is 0.224 e. The number of anilines is 2. The second-order valence-corrected chi connectivity index (χ2v) is 7.98. The van der Waals surface area contributed by atoms with E-state index in [1.165, 1.54) is 11.1 Å². The summed E-state index contributed by atoms with van der Waals surface area (Å²) in [5, 5.41) is 12.3. The number of hydrogen-bond donors (Lipinski definition) is 2. The fourth-order valence-corrected chi connectivity index (χ4v) is 3.47. The number of fused-ring (bicyclic) bond motifs is 1. The molecular formula is C21H30N4O. The zero-order valence-electron chi connectivity index (χ0n) is 16.3. The molecule has 2 N–H and O–H groups in total. The highest BCUT2D eigenvalue weighted by Gasteiger charge is 2.34. The molecule has 3 rings (SSSR count). The van der Waals surface area contributed by atoms with Crippen LogP contribution >= 0.6 is 0 Å². The van der Waals surface area contributed by atoms with Gasteiger partial charge in [0.05, 0.1) is 5.69 Å². The zero-order chi connectivity index (χ0) is 18.7. The first-order valence-electron chi connectivity index (χ1n) is 9.49. The predicted molar refractivity (Wildman–Crippen MR) is 107 cm³/mol. The van der Waals surface area contributed by atoms with Gasteiger partial charge in [0.15, 0.2) is 0 Å². The monoisotopic (exact) mass is 354 g/mol. The highest BCUT2D eigenvalue weighted by atomic mass is 16.3. The maximum absolute atomic E-state index is 9.02. The van der Waals surface area contributed by atoms with Crippen LogP contribution < -0.4 is 10.2 Å². The molecule has 5 nitrogen and oxygen atoms in total. The van der Waals surface area contributed by atoms with Gasteiger partial charge in [-0.1, -0.05) is 38.1 Å². The molecule has 140 valence electrons. The predicted octanol–water partition coefficient (Wildman–Crippen LogP) is 3.74. The summed E-state index contributed by atoms with van der Waals surface area (Å²) in [6.07, 6.45) is 1.69. The summed E-state index contributed by atoms with van der Waals surface area (Å²) in [5.41, 5.74) is 3.81. The summed E-state index contributed by atoms with van der Waals surface area (Å²) in [6.45, 7) is 10.6. The Labute approximate surface area is 156 Å². The van der Waals surface area contributed by atoms with Crippen LogP contribution in [0.1, 0.15) is 56.9 Å². The summed E-state index contributed by atoms with van der Waals surface area (Å²) < 4.78 is 0. The van der Waals surface area contributed by atoms with Gasteiger partial charge in [0.2, 0.25) is 5.95 Å². The molecule has 5 heteroatoms. The molecule has 0 unspecified atom stereocenters. The molecule has 0 bridgehead atoms. The van der Waals surface area contributed by atoms with Gasteiger partial charge in [-0.05, 0) is 43.7 Å². The second-order valence-electron chi connectivity index (χ2n) is 7.98. The number of benzene rings is 1. The molecule has 0 aliphatic carbocycles. The number of aliphatic hydroxyl groups is 1. The molecule has 0 fully saturated rings. The molecule has 26 heavy (non-hydrogen) atoms. The lowest BCUT2D eigenvalue weighted by molar-refractivity contribution is 0.292. The third-order valence-corrected chi connectivity index (χ3v) is 5.02. The molecule has 2 heterocycles. The van der Waals surface area contributed by atoms with E-state index in [1.807, 2.05) is 0 Å². The molecule has 2 aromatic rings. The molecule has 0 saturated carbocycles. The number of aliphatic hydroxyl groups excluding tert-OH is 1. The van der Waals surface area contributed by atoms with Crippen LogP contribution in [0.2, 0.25) is 0 Å². The lowest BCUT2D eigenvalue weighted by atomic mass is 9.85. The fourth-order valence-electron chi connectivity index (χ4n) is 3.47. The quantitative estimate of drug-likeness (QED) is 0.774. The Kier molecular flexibility index (Phi) is 5.47. The topological polar surface area (TPSA) is 61.3 Å². The molecule has 1 aliphatic rings. The van der Waals surface area contributed by atoms with E-state index < -0.39 is 0 Å². The van der Waals surface area contributed by atoms with E-state index in [0.717, 1.165) is 24.5 Å². The highest BCUT2D eigenvalue weighted by Crippen LogP contribution is 2.35. The lowest BCUT2D eigenvalue weighted by Gasteiger charge is -2.44. The minimum atomic E-state index is -0.0146. The van der Waals surface area contributed by atoms with Gasteiger partial charge >= 0.3 is 0 Å². The number of nitrogens with zero attached hydrogens (tertiary/aromatic N) is 3. The Morgan fingerprint density at radius 3 is 2.62 bits per heavy atom. The molecule has 0 spiro atoms. The van der Waals surface area contributed by atoms with Crippen LogP contribution in [0.3, 0.4) is 0 Å². The summed E-state index contributed by atoms with van der Waals surface area (Å²) in [5.74, 6) is 1.94. The molecule has 1 aromatic heterocycles. The van der Waals surface area contributed by atoms with Gasteiger partial charge in [-0.15, -0.1) is 0 Å². The first-order valence-corrected chi connectivity index (χ1v) is 9.49. The van der Waals surface area contributed by atoms with Crippen LogP contribution in [-0.4, -0.2) is 33.8 Å². The number of aromatic nitrogens is 2. The molecule has 0 saturated heterocycles. The van der Waals surface area contributed by atoms with E-state index in [0.29, 0.717) is 24.8 Å². The number of nitrogens with one attached hydrogen (secondary N) is 1. The fraction of sp³-hybridized carbons (Fsp3) is 0.524. The van der Waals surface area contributed by atoms with E-state index in [1.54, 1.807) is 0 Å². The molecule has 0 atom stereocenters. The van der Waals surface area contributed by atoms with Crippen molar-refractivity contribution in [2.75, 3.05) is 23.4 Å². The standard InChI is InChI=1S/C21H30N4O/c1-15(2)18-12-19(24-20(23-18)22-10-7-11-26)25-14-17-9-6-5-8-16(17)13-21(25,3)4/h5-6,8-9,12,15,26H,7,10-11,13-14H2,1-4H3,(H,22,23,24). The van der Waals surface area contributed by atoms with Crippen molar-refractivity contribution in [3.8, 4) is 0 Å². The minimum Gasteiger partial charge on any atom is -0.396 e. The molecule has 0 amide bonds. The Morgan fingerprint density at radius 2 is 1.92 bits per heavy atom. The van der Waals surface area contributed by atoms with Gasteiger partial charge in [0, 0.05) is 31.3 Å².